The Bertz CT molecular complexity index is 1380. The van der Waals surface area contributed by atoms with Crippen LogP contribution in [0.2, 0.25) is 0 Å². The summed E-state index contributed by atoms with van der Waals surface area (Å²) >= 11 is 0. The van der Waals surface area contributed by atoms with Crippen LogP contribution in [0.3, 0.4) is 0 Å². The third-order valence-corrected chi connectivity index (χ3v) is 6.68. The Hall–Kier alpha value is -4.30. The molecule has 2 nitrogen and oxygen atoms in total. The van der Waals surface area contributed by atoms with Crippen LogP contribution in [0.5, 0.6) is 0 Å². The van der Waals surface area contributed by atoms with Crippen molar-refractivity contribution in [2.24, 2.45) is 0 Å². The topological polar surface area (TPSA) is 6.48 Å². The van der Waals surface area contributed by atoms with Gasteiger partial charge in [-0.15, -0.1) is 0 Å². The van der Waals surface area contributed by atoms with E-state index in [-0.39, 0.29) is 5.41 Å². The number of hydrogen-bond acceptors (Lipinski definition) is 2. The number of para-hydroxylation sites is 2. The molecule has 0 bridgehead atoms. The Kier molecular flexibility index (Phi) is 6.83. The molecule has 0 unspecified atom stereocenters. The van der Waals surface area contributed by atoms with Gasteiger partial charge in [-0.05, 0) is 90.7 Å². The summed E-state index contributed by atoms with van der Waals surface area (Å²) in [6.07, 6.45) is 0. The first-order chi connectivity index (χ1) is 17.9. The van der Waals surface area contributed by atoms with Gasteiger partial charge < -0.3 is 9.80 Å². The summed E-state index contributed by atoms with van der Waals surface area (Å²) in [4.78, 5) is 4.61. The number of anilines is 6. The molecule has 0 spiro atoms. The smallest absolute Gasteiger partial charge is 0.0463 e. The fourth-order valence-electron chi connectivity index (χ4n) is 4.60. The average Bonchev–Trinajstić information content (AvgIpc) is 2.92. The predicted molar refractivity (Wildman–Crippen MR) is 159 cm³/mol. The quantitative estimate of drug-likeness (QED) is 0.237. The minimum Gasteiger partial charge on any atom is -0.311 e. The van der Waals surface area contributed by atoms with Crippen LogP contribution in [0.1, 0.15) is 31.9 Å². The molecule has 0 N–H and O–H groups in total. The molecule has 5 rings (SSSR count). The van der Waals surface area contributed by atoms with Crippen LogP contribution >= 0.6 is 0 Å². The highest BCUT2D eigenvalue weighted by molar-refractivity contribution is 5.81. The van der Waals surface area contributed by atoms with Crippen molar-refractivity contribution in [3.05, 3.63) is 145 Å². The predicted octanol–water partition coefficient (Wildman–Crippen LogP) is 10.2. The molecule has 0 aliphatic rings. The van der Waals surface area contributed by atoms with E-state index in [1.165, 1.54) is 11.1 Å². The van der Waals surface area contributed by atoms with Gasteiger partial charge in [0.05, 0.1) is 0 Å². The second-order valence-corrected chi connectivity index (χ2v) is 10.5. The largest absolute Gasteiger partial charge is 0.311 e. The zero-order valence-electron chi connectivity index (χ0n) is 22.1. The minimum atomic E-state index is 0.118. The first-order valence-corrected chi connectivity index (χ1v) is 12.9. The lowest BCUT2D eigenvalue weighted by molar-refractivity contribution is 0.590. The fourth-order valence-corrected chi connectivity index (χ4v) is 4.60. The summed E-state index contributed by atoms with van der Waals surface area (Å²) in [7, 11) is 0. The number of benzene rings is 5. The van der Waals surface area contributed by atoms with E-state index in [2.05, 4.69) is 171 Å². The van der Waals surface area contributed by atoms with Crippen LogP contribution in [0, 0.1) is 6.92 Å². The molecule has 0 saturated heterocycles. The van der Waals surface area contributed by atoms with Gasteiger partial charge in [0.1, 0.15) is 0 Å². The monoisotopic (exact) mass is 482 g/mol. The Morgan fingerprint density at radius 3 is 1.03 bits per heavy atom. The maximum atomic E-state index is 2.32. The van der Waals surface area contributed by atoms with Gasteiger partial charge in [-0.2, -0.15) is 0 Å². The molecule has 37 heavy (non-hydrogen) atoms. The third kappa shape index (κ3) is 5.44. The van der Waals surface area contributed by atoms with Crippen LogP contribution in [-0.2, 0) is 5.41 Å². The standard InChI is InChI=1S/C35H34N2/c1-27-15-19-31(20-16-27)37(32-21-17-28(18-22-32)35(2,3)4)34-25-23-33(24-26-34)36(29-11-7-5-8-12-29)30-13-9-6-10-14-30/h5-26H,1-4H3. The zero-order chi connectivity index (χ0) is 25.8. The highest BCUT2D eigenvalue weighted by atomic mass is 15.2. The van der Waals surface area contributed by atoms with Crippen molar-refractivity contribution < 1.29 is 0 Å². The van der Waals surface area contributed by atoms with E-state index in [0.717, 1.165) is 34.1 Å². The van der Waals surface area contributed by atoms with E-state index >= 15 is 0 Å². The second kappa shape index (κ2) is 10.4. The van der Waals surface area contributed by atoms with Crippen molar-refractivity contribution in [1.29, 1.82) is 0 Å². The Morgan fingerprint density at radius 1 is 0.378 bits per heavy atom. The van der Waals surface area contributed by atoms with Crippen LogP contribution in [-0.4, -0.2) is 0 Å². The number of hydrogen-bond donors (Lipinski definition) is 0. The van der Waals surface area contributed by atoms with Crippen molar-refractivity contribution in [2.45, 2.75) is 33.1 Å². The van der Waals surface area contributed by atoms with Crippen LogP contribution < -0.4 is 9.80 Å². The van der Waals surface area contributed by atoms with Crippen LogP contribution in [0.15, 0.2) is 133 Å². The van der Waals surface area contributed by atoms with Crippen molar-refractivity contribution in [3.8, 4) is 0 Å². The molecule has 0 aliphatic heterocycles. The summed E-state index contributed by atoms with van der Waals surface area (Å²) in [5, 5.41) is 0. The Balaban J connectivity index is 1.56. The first-order valence-electron chi connectivity index (χ1n) is 12.9. The van der Waals surface area contributed by atoms with E-state index < -0.39 is 0 Å². The molecule has 0 saturated carbocycles. The maximum absolute atomic E-state index is 2.32. The molecule has 5 aromatic carbocycles. The molecule has 5 aromatic rings. The summed E-state index contributed by atoms with van der Waals surface area (Å²) < 4.78 is 0. The van der Waals surface area contributed by atoms with Crippen LogP contribution in [0.25, 0.3) is 0 Å². The normalized spacial score (nSPS) is 11.2. The van der Waals surface area contributed by atoms with E-state index in [9.17, 15) is 0 Å². The van der Waals surface area contributed by atoms with Crippen molar-refractivity contribution >= 4 is 34.1 Å². The van der Waals surface area contributed by atoms with E-state index in [4.69, 9.17) is 0 Å². The lowest BCUT2D eigenvalue weighted by atomic mass is 9.87. The first kappa shape index (κ1) is 24.4. The van der Waals surface area contributed by atoms with Crippen LogP contribution in [0.4, 0.5) is 34.1 Å². The highest BCUT2D eigenvalue weighted by Crippen LogP contribution is 2.39. The molecule has 0 amide bonds. The molecule has 0 aliphatic carbocycles. The zero-order valence-corrected chi connectivity index (χ0v) is 22.1. The van der Waals surface area contributed by atoms with Gasteiger partial charge in [0, 0.05) is 34.1 Å². The molecular weight excluding hydrogens is 448 g/mol. The summed E-state index contributed by atoms with van der Waals surface area (Å²) in [6.45, 7) is 8.89. The number of aryl methyl sites for hydroxylation is 1. The van der Waals surface area contributed by atoms with Gasteiger partial charge in [-0.1, -0.05) is 87.0 Å². The molecule has 0 atom stereocenters. The molecule has 0 heterocycles. The molecular formula is C35H34N2. The van der Waals surface area contributed by atoms with Crippen molar-refractivity contribution in [3.63, 3.8) is 0 Å². The van der Waals surface area contributed by atoms with Gasteiger partial charge in [0.25, 0.3) is 0 Å². The van der Waals surface area contributed by atoms with E-state index in [0.29, 0.717) is 0 Å². The number of rotatable bonds is 6. The summed E-state index contributed by atoms with van der Waals surface area (Å²) in [5.74, 6) is 0. The molecule has 0 aromatic heterocycles. The van der Waals surface area contributed by atoms with Crippen molar-refractivity contribution in [1.82, 2.24) is 0 Å². The van der Waals surface area contributed by atoms with Gasteiger partial charge in [0.2, 0.25) is 0 Å². The lowest BCUT2D eigenvalue weighted by Gasteiger charge is -2.29. The SMILES string of the molecule is Cc1ccc(N(c2ccc(N(c3ccccc3)c3ccccc3)cc2)c2ccc(C(C)(C)C)cc2)cc1. The Morgan fingerprint density at radius 2 is 0.676 bits per heavy atom. The average molecular weight is 483 g/mol. The minimum absolute atomic E-state index is 0.118. The Labute approximate surface area is 221 Å². The second-order valence-electron chi connectivity index (χ2n) is 10.5. The molecule has 0 radical (unpaired) electrons. The molecule has 0 fully saturated rings. The summed E-state index contributed by atoms with van der Waals surface area (Å²) in [5.41, 5.74) is 9.50. The lowest BCUT2D eigenvalue weighted by Crippen LogP contribution is -2.13. The maximum Gasteiger partial charge on any atom is 0.0463 e. The van der Waals surface area contributed by atoms with E-state index in [1.807, 2.05) is 0 Å². The van der Waals surface area contributed by atoms with E-state index in [1.54, 1.807) is 0 Å². The van der Waals surface area contributed by atoms with Gasteiger partial charge in [-0.25, -0.2) is 0 Å². The molecule has 184 valence electrons. The van der Waals surface area contributed by atoms with Gasteiger partial charge in [0.15, 0.2) is 0 Å². The van der Waals surface area contributed by atoms with Gasteiger partial charge in [-0.3, -0.25) is 0 Å². The number of nitrogens with zero attached hydrogens (tertiary/aromatic N) is 2. The highest BCUT2D eigenvalue weighted by Gasteiger charge is 2.17. The fraction of sp³-hybridized carbons (Fsp3) is 0.143. The van der Waals surface area contributed by atoms with Gasteiger partial charge >= 0.3 is 0 Å². The third-order valence-electron chi connectivity index (χ3n) is 6.68. The van der Waals surface area contributed by atoms with Crippen molar-refractivity contribution in [2.75, 3.05) is 9.80 Å². The summed E-state index contributed by atoms with van der Waals surface area (Å²) in [6, 6.07) is 47.6. The molecule has 2 heteroatoms.